The Labute approximate surface area is 107 Å². The highest BCUT2D eigenvalue weighted by Gasteiger charge is 2.20. The van der Waals surface area contributed by atoms with Gasteiger partial charge in [-0.05, 0) is 18.8 Å². The van der Waals surface area contributed by atoms with E-state index in [0.717, 1.165) is 0 Å². The highest BCUT2D eigenvalue weighted by molar-refractivity contribution is 5.84. The van der Waals surface area contributed by atoms with Crippen molar-refractivity contribution in [3.63, 3.8) is 0 Å². The molecule has 0 heterocycles. The Morgan fingerprint density at radius 3 is 2.39 bits per heavy atom. The lowest BCUT2D eigenvalue weighted by molar-refractivity contribution is -0.126. The van der Waals surface area contributed by atoms with E-state index < -0.39 is 18.1 Å². The van der Waals surface area contributed by atoms with E-state index in [0.29, 0.717) is 25.7 Å². The van der Waals surface area contributed by atoms with Gasteiger partial charge in [-0.3, -0.25) is 4.79 Å². The minimum atomic E-state index is -0.629. The van der Waals surface area contributed by atoms with Crippen molar-refractivity contribution in [1.29, 1.82) is 0 Å². The first-order chi connectivity index (χ1) is 8.38. The van der Waals surface area contributed by atoms with E-state index in [4.69, 9.17) is 11.5 Å². The number of urea groups is 1. The van der Waals surface area contributed by atoms with Crippen LogP contribution in [0.3, 0.4) is 0 Å². The zero-order valence-corrected chi connectivity index (χ0v) is 10.8. The topological polar surface area (TPSA) is 127 Å². The molecule has 7 heteroatoms. The summed E-state index contributed by atoms with van der Waals surface area (Å²) in [6, 6.07) is -1.82. The van der Waals surface area contributed by atoms with Gasteiger partial charge in [0.15, 0.2) is 0 Å². The highest BCUT2D eigenvalue weighted by Crippen LogP contribution is 2.00. The second kappa shape index (κ2) is 8.46. The molecule has 0 spiro atoms. The van der Waals surface area contributed by atoms with Crippen LogP contribution in [-0.2, 0) is 9.59 Å². The van der Waals surface area contributed by atoms with Gasteiger partial charge in [0.05, 0.1) is 12.1 Å². The van der Waals surface area contributed by atoms with Crippen molar-refractivity contribution in [3.8, 4) is 0 Å². The van der Waals surface area contributed by atoms with Gasteiger partial charge in [0.25, 0.3) is 0 Å². The van der Waals surface area contributed by atoms with Gasteiger partial charge < -0.3 is 26.9 Å². The SMILES string of the molecule is CC(C)C(N)C(=O)N[C@H](C=O)CCCNC(N)=O. The minimum absolute atomic E-state index is 0.00818. The monoisotopic (exact) mass is 258 g/mol. The standard InChI is InChI=1S/C11H22N4O3/c1-7(2)9(12)10(17)15-8(6-16)4-3-5-14-11(13)18/h6-9H,3-5,12H2,1-2H3,(H,15,17)(H3,13,14,18)/t8-,9?/m0/s1. The Balaban J connectivity index is 4.00. The van der Waals surface area contributed by atoms with Gasteiger partial charge in [-0.2, -0.15) is 0 Å². The molecule has 0 saturated carbocycles. The number of nitrogens with two attached hydrogens (primary N) is 2. The number of hydrogen-bond acceptors (Lipinski definition) is 4. The maximum atomic E-state index is 11.6. The van der Waals surface area contributed by atoms with Crippen molar-refractivity contribution in [1.82, 2.24) is 10.6 Å². The van der Waals surface area contributed by atoms with E-state index in [1.807, 2.05) is 13.8 Å². The number of carbonyl (C=O) groups excluding carboxylic acids is 3. The number of amides is 3. The van der Waals surface area contributed by atoms with Crippen LogP contribution in [0.2, 0.25) is 0 Å². The molecule has 1 unspecified atom stereocenters. The zero-order chi connectivity index (χ0) is 14.1. The van der Waals surface area contributed by atoms with Crippen molar-refractivity contribution in [3.05, 3.63) is 0 Å². The lowest BCUT2D eigenvalue weighted by Gasteiger charge is -2.18. The molecule has 0 aliphatic heterocycles. The lowest BCUT2D eigenvalue weighted by atomic mass is 10.0. The maximum absolute atomic E-state index is 11.6. The van der Waals surface area contributed by atoms with E-state index in [1.54, 1.807) is 0 Å². The van der Waals surface area contributed by atoms with Crippen molar-refractivity contribution >= 4 is 18.2 Å². The fourth-order valence-corrected chi connectivity index (χ4v) is 1.29. The third kappa shape index (κ3) is 6.85. The van der Waals surface area contributed by atoms with Crippen molar-refractivity contribution in [2.75, 3.05) is 6.54 Å². The van der Waals surface area contributed by atoms with Crippen molar-refractivity contribution < 1.29 is 14.4 Å². The van der Waals surface area contributed by atoms with Gasteiger partial charge in [0.1, 0.15) is 6.29 Å². The Morgan fingerprint density at radius 2 is 1.94 bits per heavy atom. The van der Waals surface area contributed by atoms with Crippen LogP contribution in [0, 0.1) is 5.92 Å². The van der Waals surface area contributed by atoms with Gasteiger partial charge in [-0.15, -0.1) is 0 Å². The summed E-state index contributed by atoms with van der Waals surface area (Å²) in [5.74, 6) is -0.334. The summed E-state index contributed by atoms with van der Waals surface area (Å²) in [4.78, 5) is 32.8. The molecular weight excluding hydrogens is 236 g/mol. The molecule has 0 aliphatic rings. The number of hydrogen-bond donors (Lipinski definition) is 4. The highest BCUT2D eigenvalue weighted by atomic mass is 16.2. The molecule has 0 aromatic heterocycles. The Hall–Kier alpha value is -1.63. The normalized spacial score (nSPS) is 13.8. The summed E-state index contributed by atoms with van der Waals surface area (Å²) in [6.07, 6.45) is 1.64. The van der Waals surface area contributed by atoms with Gasteiger partial charge in [-0.25, -0.2) is 4.79 Å². The molecule has 2 atom stereocenters. The molecule has 0 aliphatic carbocycles. The van der Waals surface area contributed by atoms with Gasteiger partial charge in [0.2, 0.25) is 5.91 Å². The van der Waals surface area contributed by atoms with E-state index in [-0.39, 0.29) is 11.8 Å². The first kappa shape index (κ1) is 16.4. The molecule has 0 bridgehead atoms. The van der Waals surface area contributed by atoms with Gasteiger partial charge >= 0.3 is 6.03 Å². The van der Waals surface area contributed by atoms with E-state index >= 15 is 0 Å². The lowest BCUT2D eigenvalue weighted by Crippen LogP contribution is -2.48. The number of nitrogens with one attached hydrogen (secondary N) is 2. The van der Waals surface area contributed by atoms with Gasteiger partial charge in [-0.1, -0.05) is 13.8 Å². The third-order valence-electron chi connectivity index (χ3n) is 2.50. The Morgan fingerprint density at radius 1 is 1.33 bits per heavy atom. The average molecular weight is 258 g/mol. The minimum Gasteiger partial charge on any atom is -0.352 e. The van der Waals surface area contributed by atoms with Crippen molar-refractivity contribution in [2.45, 2.75) is 38.8 Å². The second-order valence-corrected chi connectivity index (χ2v) is 4.45. The maximum Gasteiger partial charge on any atom is 0.312 e. The summed E-state index contributed by atoms with van der Waals surface area (Å²) in [6.45, 7) is 4.03. The zero-order valence-electron chi connectivity index (χ0n) is 10.8. The molecule has 6 N–H and O–H groups in total. The van der Waals surface area contributed by atoms with E-state index in [2.05, 4.69) is 10.6 Å². The number of rotatable bonds is 8. The summed E-state index contributed by atoms with van der Waals surface area (Å²) in [5, 5.41) is 4.96. The van der Waals surface area contributed by atoms with E-state index in [1.165, 1.54) is 0 Å². The number of primary amides is 1. The molecular formula is C11H22N4O3. The number of carbonyl (C=O) groups is 3. The van der Waals surface area contributed by atoms with Crippen LogP contribution < -0.4 is 22.1 Å². The van der Waals surface area contributed by atoms with Crippen LogP contribution in [0.4, 0.5) is 4.79 Å². The van der Waals surface area contributed by atoms with Crippen LogP contribution in [0.15, 0.2) is 0 Å². The molecule has 0 fully saturated rings. The largest absolute Gasteiger partial charge is 0.352 e. The second-order valence-electron chi connectivity index (χ2n) is 4.45. The van der Waals surface area contributed by atoms with Crippen LogP contribution in [0.25, 0.3) is 0 Å². The first-order valence-electron chi connectivity index (χ1n) is 5.93. The molecule has 0 rings (SSSR count). The Bertz CT molecular complexity index is 294. The fraction of sp³-hybridized carbons (Fsp3) is 0.727. The Kier molecular flexibility index (Phi) is 7.69. The number of aldehydes is 1. The van der Waals surface area contributed by atoms with Crippen LogP contribution in [-0.4, -0.2) is 36.9 Å². The van der Waals surface area contributed by atoms with E-state index in [9.17, 15) is 14.4 Å². The smallest absolute Gasteiger partial charge is 0.312 e. The molecule has 7 nitrogen and oxygen atoms in total. The first-order valence-corrected chi connectivity index (χ1v) is 5.93. The third-order valence-corrected chi connectivity index (χ3v) is 2.50. The molecule has 3 amide bonds. The predicted molar refractivity (Wildman–Crippen MR) is 67.6 cm³/mol. The quantitative estimate of drug-likeness (QED) is 0.332. The summed E-state index contributed by atoms with van der Waals surface area (Å²) in [7, 11) is 0. The van der Waals surface area contributed by atoms with Crippen LogP contribution >= 0.6 is 0 Å². The molecule has 18 heavy (non-hydrogen) atoms. The molecule has 0 aromatic carbocycles. The van der Waals surface area contributed by atoms with Crippen LogP contribution in [0.5, 0.6) is 0 Å². The summed E-state index contributed by atoms with van der Waals surface area (Å²) < 4.78 is 0. The fourth-order valence-electron chi connectivity index (χ4n) is 1.29. The van der Waals surface area contributed by atoms with Gasteiger partial charge in [0, 0.05) is 6.54 Å². The van der Waals surface area contributed by atoms with Crippen molar-refractivity contribution in [2.24, 2.45) is 17.4 Å². The molecule has 0 aromatic rings. The molecule has 0 radical (unpaired) electrons. The van der Waals surface area contributed by atoms with Crippen LogP contribution in [0.1, 0.15) is 26.7 Å². The molecule has 104 valence electrons. The summed E-state index contributed by atoms with van der Waals surface area (Å²) >= 11 is 0. The molecule has 0 saturated heterocycles. The summed E-state index contributed by atoms with van der Waals surface area (Å²) in [5.41, 5.74) is 10.5. The average Bonchev–Trinajstić information content (AvgIpc) is 2.31. The predicted octanol–water partition coefficient (Wildman–Crippen LogP) is -0.898.